The van der Waals surface area contributed by atoms with Crippen LogP contribution in [-0.2, 0) is 0 Å². The first-order valence-corrected chi connectivity index (χ1v) is 7.61. The van der Waals surface area contributed by atoms with Crippen molar-refractivity contribution in [2.24, 2.45) is 0 Å². The number of rotatable bonds is 4. The molecule has 20 heavy (non-hydrogen) atoms. The lowest BCUT2D eigenvalue weighted by molar-refractivity contribution is 0.103. The fraction of sp³-hybridized carbons (Fsp3) is 0.188. The van der Waals surface area contributed by atoms with E-state index in [-0.39, 0.29) is 5.78 Å². The maximum atomic E-state index is 12.6. The summed E-state index contributed by atoms with van der Waals surface area (Å²) in [6.07, 6.45) is 0. The average molecular weight is 306 g/mol. The number of carbonyl (C=O) groups is 1. The Balaban J connectivity index is 2.51. The predicted molar refractivity (Wildman–Crippen MR) is 86.7 cm³/mol. The van der Waals surface area contributed by atoms with Crippen LogP contribution in [0.3, 0.4) is 0 Å². The van der Waals surface area contributed by atoms with Crippen LogP contribution in [0.25, 0.3) is 0 Å². The largest absolute Gasteiger partial charge is 0.397 e. The molecule has 0 saturated carbocycles. The van der Waals surface area contributed by atoms with E-state index in [4.69, 9.17) is 17.3 Å². The molecule has 2 nitrogen and oxygen atoms in total. The first kappa shape index (κ1) is 14.9. The Kier molecular flexibility index (Phi) is 4.73. The van der Waals surface area contributed by atoms with Gasteiger partial charge < -0.3 is 5.73 Å². The molecule has 2 rings (SSSR count). The summed E-state index contributed by atoms with van der Waals surface area (Å²) in [7, 11) is 0. The van der Waals surface area contributed by atoms with Gasteiger partial charge in [0.25, 0.3) is 0 Å². The van der Waals surface area contributed by atoms with Crippen LogP contribution in [0.4, 0.5) is 5.69 Å². The zero-order valence-electron chi connectivity index (χ0n) is 11.4. The number of hydrogen-bond acceptors (Lipinski definition) is 3. The summed E-state index contributed by atoms with van der Waals surface area (Å²) in [6.45, 7) is 4.11. The van der Waals surface area contributed by atoms with Gasteiger partial charge in [-0.2, -0.15) is 0 Å². The van der Waals surface area contributed by atoms with E-state index in [2.05, 4.69) is 13.8 Å². The maximum Gasteiger partial charge on any atom is 0.194 e. The average Bonchev–Trinajstić information content (AvgIpc) is 2.44. The highest BCUT2D eigenvalue weighted by molar-refractivity contribution is 8.00. The van der Waals surface area contributed by atoms with Crippen molar-refractivity contribution < 1.29 is 4.79 Å². The summed E-state index contributed by atoms with van der Waals surface area (Å²) >= 11 is 7.63. The molecule has 0 atom stereocenters. The summed E-state index contributed by atoms with van der Waals surface area (Å²) < 4.78 is 0. The molecule has 104 valence electrons. The van der Waals surface area contributed by atoms with Crippen molar-refractivity contribution in [3.8, 4) is 0 Å². The van der Waals surface area contributed by atoms with Gasteiger partial charge in [-0.3, -0.25) is 4.79 Å². The summed E-state index contributed by atoms with van der Waals surface area (Å²) in [4.78, 5) is 13.4. The number of carbonyl (C=O) groups excluding carboxylic acids is 1. The molecule has 0 amide bonds. The van der Waals surface area contributed by atoms with Crippen molar-refractivity contribution in [2.75, 3.05) is 5.73 Å². The molecule has 2 aromatic rings. The van der Waals surface area contributed by atoms with Gasteiger partial charge in [-0.25, -0.2) is 0 Å². The standard InChI is InChI=1S/C16H16ClNOS/c1-10(2)20-16-12(8-9-13(17)14(16)18)15(19)11-6-4-3-5-7-11/h3-10H,18H2,1-2H3. The smallest absolute Gasteiger partial charge is 0.194 e. The summed E-state index contributed by atoms with van der Waals surface area (Å²) in [5.41, 5.74) is 7.78. The van der Waals surface area contributed by atoms with Crippen LogP contribution in [0, 0.1) is 0 Å². The Bertz CT molecular complexity index is 626. The summed E-state index contributed by atoms with van der Waals surface area (Å²) in [5.74, 6) is -0.0304. The summed E-state index contributed by atoms with van der Waals surface area (Å²) in [5, 5.41) is 0.802. The molecule has 0 aliphatic carbocycles. The second-order valence-corrected chi connectivity index (χ2v) is 6.69. The number of ketones is 1. The molecule has 0 saturated heterocycles. The number of nitrogens with two attached hydrogens (primary N) is 1. The highest BCUT2D eigenvalue weighted by atomic mass is 35.5. The third-order valence-corrected chi connectivity index (χ3v) is 4.25. The van der Waals surface area contributed by atoms with E-state index in [9.17, 15) is 4.79 Å². The van der Waals surface area contributed by atoms with E-state index in [1.807, 2.05) is 18.2 Å². The highest BCUT2D eigenvalue weighted by Crippen LogP contribution is 2.37. The van der Waals surface area contributed by atoms with Crippen molar-refractivity contribution in [3.63, 3.8) is 0 Å². The first-order valence-electron chi connectivity index (χ1n) is 6.35. The maximum absolute atomic E-state index is 12.6. The quantitative estimate of drug-likeness (QED) is 0.508. The minimum absolute atomic E-state index is 0.0304. The van der Waals surface area contributed by atoms with E-state index >= 15 is 0 Å². The first-order chi connectivity index (χ1) is 9.50. The van der Waals surface area contributed by atoms with Crippen molar-refractivity contribution in [1.29, 1.82) is 0 Å². The molecule has 0 aromatic heterocycles. The second-order valence-electron chi connectivity index (χ2n) is 4.70. The van der Waals surface area contributed by atoms with Gasteiger partial charge in [-0.15, -0.1) is 11.8 Å². The monoisotopic (exact) mass is 305 g/mol. The lowest BCUT2D eigenvalue weighted by Crippen LogP contribution is -2.06. The number of benzene rings is 2. The number of anilines is 1. The zero-order chi connectivity index (χ0) is 14.7. The van der Waals surface area contributed by atoms with Crippen LogP contribution in [0.15, 0.2) is 47.4 Å². The Morgan fingerprint density at radius 3 is 2.40 bits per heavy atom. The Morgan fingerprint density at radius 1 is 1.15 bits per heavy atom. The molecule has 4 heteroatoms. The fourth-order valence-corrected chi connectivity index (χ4v) is 3.07. The van der Waals surface area contributed by atoms with Crippen LogP contribution in [0.5, 0.6) is 0 Å². The second kappa shape index (κ2) is 6.33. The topological polar surface area (TPSA) is 43.1 Å². The van der Waals surface area contributed by atoms with Crippen molar-refractivity contribution in [2.45, 2.75) is 24.0 Å². The minimum Gasteiger partial charge on any atom is -0.397 e. The molecular weight excluding hydrogens is 290 g/mol. The van der Waals surface area contributed by atoms with Gasteiger partial charge in [-0.1, -0.05) is 55.8 Å². The third kappa shape index (κ3) is 3.17. The van der Waals surface area contributed by atoms with E-state index < -0.39 is 0 Å². The molecule has 0 fully saturated rings. The summed E-state index contributed by atoms with van der Waals surface area (Å²) in [6, 6.07) is 12.6. The Morgan fingerprint density at radius 2 is 1.80 bits per heavy atom. The van der Waals surface area contributed by atoms with Crippen LogP contribution >= 0.6 is 23.4 Å². The van der Waals surface area contributed by atoms with E-state index in [1.165, 1.54) is 0 Å². The molecule has 0 heterocycles. The zero-order valence-corrected chi connectivity index (χ0v) is 13.0. The molecule has 0 spiro atoms. The number of hydrogen-bond donors (Lipinski definition) is 1. The molecule has 2 aromatic carbocycles. The predicted octanol–water partition coefficient (Wildman–Crippen LogP) is 4.65. The molecular formula is C16H16ClNOS. The van der Waals surface area contributed by atoms with E-state index in [0.717, 1.165) is 4.90 Å². The van der Waals surface area contributed by atoms with Gasteiger partial charge in [0.15, 0.2) is 5.78 Å². The molecule has 0 aliphatic heterocycles. The molecule has 0 radical (unpaired) electrons. The Hall–Kier alpha value is -1.45. The lowest BCUT2D eigenvalue weighted by Gasteiger charge is -2.14. The van der Waals surface area contributed by atoms with Gasteiger partial charge in [-0.05, 0) is 12.1 Å². The normalized spacial score (nSPS) is 10.8. The number of nitrogen functional groups attached to an aromatic ring is 1. The Labute approximate surface area is 128 Å². The van der Waals surface area contributed by atoms with Gasteiger partial charge in [0, 0.05) is 21.3 Å². The van der Waals surface area contributed by atoms with E-state index in [1.54, 1.807) is 36.0 Å². The van der Waals surface area contributed by atoms with E-state index in [0.29, 0.717) is 27.1 Å². The van der Waals surface area contributed by atoms with Gasteiger partial charge >= 0.3 is 0 Å². The van der Waals surface area contributed by atoms with Crippen molar-refractivity contribution in [1.82, 2.24) is 0 Å². The molecule has 0 bridgehead atoms. The van der Waals surface area contributed by atoms with Gasteiger partial charge in [0.2, 0.25) is 0 Å². The van der Waals surface area contributed by atoms with Crippen molar-refractivity contribution >= 4 is 34.8 Å². The third-order valence-electron chi connectivity index (χ3n) is 2.78. The van der Waals surface area contributed by atoms with Crippen LogP contribution in [-0.4, -0.2) is 11.0 Å². The van der Waals surface area contributed by atoms with Gasteiger partial charge in [0.1, 0.15) is 0 Å². The highest BCUT2D eigenvalue weighted by Gasteiger charge is 2.18. The van der Waals surface area contributed by atoms with Crippen molar-refractivity contribution in [3.05, 3.63) is 58.6 Å². The van der Waals surface area contributed by atoms with Crippen LogP contribution in [0.1, 0.15) is 29.8 Å². The fourth-order valence-electron chi connectivity index (χ4n) is 1.86. The number of halogens is 1. The van der Waals surface area contributed by atoms with Gasteiger partial charge in [0.05, 0.1) is 10.7 Å². The molecule has 0 unspecified atom stereocenters. The molecule has 2 N–H and O–H groups in total. The molecule has 0 aliphatic rings. The number of thioether (sulfide) groups is 1. The van der Waals surface area contributed by atoms with Crippen LogP contribution < -0.4 is 5.73 Å². The minimum atomic E-state index is -0.0304. The van der Waals surface area contributed by atoms with Crippen LogP contribution in [0.2, 0.25) is 5.02 Å². The SMILES string of the molecule is CC(C)Sc1c(C(=O)c2ccccc2)ccc(Cl)c1N. The lowest BCUT2D eigenvalue weighted by atomic mass is 10.0.